The van der Waals surface area contributed by atoms with Gasteiger partial charge >= 0.3 is 0 Å². The Labute approximate surface area is 117 Å². The van der Waals surface area contributed by atoms with Crippen molar-refractivity contribution in [3.63, 3.8) is 0 Å². The number of unbranched alkanes of at least 4 members (excludes halogenated alkanes) is 1. The van der Waals surface area contributed by atoms with Gasteiger partial charge in [0.2, 0.25) is 0 Å². The van der Waals surface area contributed by atoms with E-state index in [0.717, 1.165) is 12.3 Å². The molecule has 1 heteroatoms. The molecular formula is C17H25Cl. The summed E-state index contributed by atoms with van der Waals surface area (Å²) in [6.45, 7) is 2.22. The Hall–Kier alpha value is -0.490. The molecule has 1 aliphatic carbocycles. The molecule has 0 N–H and O–H groups in total. The van der Waals surface area contributed by atoms with Gasteiger partial charge in [0.15, 0.2) is 0 Å². The lowest BCUT2D eigenvalue weighted by molar-refractivity contribution is 0.443. The quantitative estimate of drug-likeness (QED) is 0.555. The van der Waals surface area contributed by atoms with Crippen molar-refractivity contribution in [2.45, 2.75) is 69.6 Å². The Morgan fingerprint density at radius 2 is 1.78 bits per heavy atom. The van der Waals surface area contributed by atoms with Crippen LogP contribution in [0.5, 0.6) is 0 Å². The topological polar surface area (TPSA) is 0 Å². The van der Waals surface area contributed by atoms with E-state index in [0.29, 0.717) is 0 Å². The average molecular weight is 265 g/mol. The Bertz CT molecular complexity index is 335. The van der Waals surface area contributed by atoms with Crippen LogP contribution in [-0.4, -0.2) is 0 Å². The zero-order chi connectivity index (χ0) is 12.8. The summed E-state index contributed by atoms with van der Waals surface area (Å²) in [5, 5.41) is 0.199. The first-order chi connectivity index (χ1) is 8.81. The molecule has 0 heterocycles. The summed E-state index contributed by atoms with van der Waals surface area (Å²) in [5.41, 5.74) is 2.82. The van der Waals surface area contributed by atoms with Crippen LogP contribution in [0.1, 0.15) is 80.7 Å². The fourth-order valence-corrected chi connectivity index (χ4v) is 3.26. The lowest BCUT2D eigenvalue weighted by Crippen LogP contribution is -2.04. The molecule has 0 aromatic heterocycles. The van der Waals surface area contributed by atoms with Gasteiger partial charge in [-0.25, -0.2) is 0 Å². The van der Waals surface area contributed by atoms with E-state index >= 15 is 0 Å². The molecule has 1 aromatic rings. The van der Waals surface area contributed by atoms with Gasteiger partial charge in [-0.05, 0) is 36.3 Å². The average Bonchev–Trinajstić information content (AvgIpc) is 2.46. The summed E-state index contributed by atoms with van der Waals surface area (Å²) in [5.74, 6) is 0.803. The Kier molecular flexibility index (Phi) is 5.56. The van der Waals surface area contributed by atoms with Crippen LogP contribution in [0.25, 0.3) is 0 Å². The van der Waals surface area contributed by atoms with Gasteiger partial charge in [0.05, 0.1) is 5.38 Å². The number of benzene rings is 1. The Balaban J connectivity index is 1.95. The monoisotopic (exact) mass is 264 g/mol. The first-order valence-electron chi connectivity index (χ1n) is 7.55. The van der Waals surface area contributed by atoms with Gasteiger partial charge in [-0.2, -0.15) is 0 Å². The van der Waals surface area contributed by atoms with Crippen molar-refractivity contribution < 1.29 is 0 Å². The summed E-state index contributed by atoms with van der Waals surface area (Å²) in [7, 11) is 0. The number of rotatable bonds is 5. The van der Waals surface area contributed by atoms with Gasteiger partial charge in [-0.15, -0.1) is 11.6 Å². The number of alkyl halides is 1. The van der Waals surface area contributed by atoms with Gasteiger partial charge in [-0.3, -0.25) is 0 Å². The molecule has 0 spiro atoms. The molecule has 0 bridgehead atoms. The van der Waals surface area contributed by atoms with Crippen molar-refractivity contribution in [2.75, 3.05) is 0 Å². The standard InChI is InChI=1S/C17H25Cl/c1-2-3-9-17(18)16-12-10-15(11-13-16)14-7-5-4-6-8-14/h10-14,17H,2-9H2,1H3. The second kappa shape index (κ2) is 7.19. The van der Waals surface area contributed by atoms with E-state index in [1.807, 2.05) is 0 Å². The molecule has 0 nitrogen and oxygen atoms in total. The van der Waals surface area contributed by atoms with E-state index in [1.54, 1.807) is 0 Å². The van der Waals surface area contributed by atoms with E-state index in [-0.39, 0.29) is 5.38 Å². The second-order valence-corrected chi connectivity index (χ2v) is 6.14. The van der Waals surface area contributed by atoms with Crippen LogP contribution in [0.15, 0.2) is 24.3 Å². The predicted molar refractivity (Wildman–Crippen MR) is 80.4 cm³/mol. The largest absolute Gasteiger partial charge is 0.118 e. The van der Waals surface area contributed by atoms with Crippen LogP contribution in [0.3, 0.4) is 0 Å². The maximum atomic E-state index is 6.42. The molecule has 1 aliphatic rings. The van der Waals surface area contributed by atoms with Crippen LogP contribution in [-0.2, 0) is 0 Å². The lowest BCUT2D eigenvalue weighted by atomic mass is 9.84. The molecule has 100 valence electrons. The smallest absolute Gasteiger partial charge is 0.0585 e. The molecule has 0 radical (unpaired) electrons. The third kappa shape index (κ3) is 3.75. The summed E-state index contributed by atoms with van der Waals surface area (Å²) in [6, 6.07) is 9.12. The van der Waals surface area contributed by atoms with E-state index < -0.39 is 0 Å². The second-order valence-electron chi connectivity index (χ2n) is 5.61. The summed E-state index contributed by atoms with van der Waals surface area (Å²) in [4.78, 5) is 0. The van der Waals surface area contributed by atoms with E-state index in [1.165, 1.54) is 56.1 Å². The maximum absolute atomic E-state index is 6.42. The third-order valence-electron chi connectivity index (χ3n) is 4.19. The Morgan fingerprint density at radius 3 is 2.39 bits per heavy atom. The molecule has 18 heavy (non-hydrogen) atoms. The molecule has 0 aliphatic heterocycles. The van der Waals surface area contributed by atoms with Crippen LogP contribution in [0.4, 0.5) is 0 Å². The zero-order valence-corrected chi connectivity index (χ0v) is 12.3. The molecular weight excluding hydrogens is 240 g/mol. The van der Waals surface area contributed by atoms with E-state index in [2.05, 4.69) is 31.2 Å². The first kappa shape index (κ1) is 13.9. The summed E-state index contributed by atoms with van der Waals surface area (Å²) in [6.07, 6.45) is 10.5. The molecule has 0 amide bonds. The van der Waals surface area contributed by atoms with E-state index in [4.69, 9.17) is 11.6 Å². The molecule has 1 unspecified atom stereocenters. The SMILES string of the molecule is CCCCC(Cl)c1ccc(C2CCCCC2)cc1. The predicted octanol–water partition coefficient (Wildman–Crippen LogP) is 6.20. The van der Waals surface area contributed by atoms with Crippen molar-refractivity contribution in [3.8, 4) is 0 Å². The van der Waals surface area contributed by atoms with Gasteiger partial charge < -0.3 is 0 Å². The molecule has 1 atom stereocenters. The van der Waals surface area contributed by atoms with Crippen molar-refractivity contribution >= 4 is 11.6 Å². The Morgan fingerprint density at radius 1 is 1.11 bits per heavy atom. The van der Waals surface area contributed by atoms with Crippen LogP contribution in [0, 0.1) is 0 Å². The van der Waals surface area contributed by atoms with Crippen LogP contribution >= 0.6 is 11.6 Å². The normalized spacial score (nSPS) is 18.8. The highest BCUT2D eigenvalue weighted by Crippen LogP contribution is 2.34. The number of halogens is 1. The lowest BCUT2D eigenvalue weighted by Gasteiger charge is -2.22. The van der Waals surface area contributed by atoms with Gasteiger partial charge in [0.1, 0.15) is 0 Å². The van der Waals surface area contributed by atoms with Gasteiger partial charge in [0.25, 0.3) is 0 Å². The minimum atomic E-state index is 0.199. The van der Waals surface area contributed by atoms with Crippen molar-refractivity contribution in [3.05, 3.63) is 35.4 Å². The van der Waals surface area contributed by atoms with Crippen LogP contribution < -0.4 is 0 Å². The molecule has 2 rings (SSSR count). The summed E-state index contributed by atoms with van der Waals surface area (Å²) < 4.78 is 0. The fourth-order valence-electron chi connectivity index (χ4n) is 2.96. The minimum Gasteiger partial charge on any atom is -0.118 e. The van der Waals surface area contributed by atoms with Gasteiger partial charge in [-0.1, -0.05) is 63.3 Å². The first-order valence-corrected chi connectivity index (χ1v) is 7.99. The third-order valence-corrected chi connectivity index (χ3v) is 4.66. The molecule has 1 aromatic carbocycles. The fraction of sp³-hybridized carbons (Fsp3) is 0.647. The molecule has 1 fully saturated rings. The number of hydrogen-bond acceptors (Lipinski definition) is 0. The zero-order valence-electron chi connectivity index (χ0n) is 11.5. The van der Waals surface area contributed by atoms with Crippen molar-refractivity contribution in [1.29, 1.82) is 0 Å². The highest BCUT2D eigenvalue weighted by atomic mass is 35.5. The summed E-state index contributed by atoms with van der Waals surface area (Å²) >= 11 is 6.42. The minimum absolute atomic E-state index is 0.199. The van der Waals surface area contributed by atoms with E-state index in [9.17, 15) is 0 Å². The highest BCUT2D eigenvalue weighted by Gasteiger charge is 2.15. The van der Waals surface area contributed by atoms with Crippen molar-refractivity contribution in [1.82, 2.24) is 0 Å². The van der Waals surface area contributed by atoms with Gasteiger partial charge in [0, 0.05) is 0 Å². The number of hydrogen-bond donors (Lipinski definition) is 0. The van der Waals surface area contributed by atoms with Crippen LogP contribution in [0.2, 0.25) is 0 Å². The van der Waals surface area contributed by atoms with Crippen molar-refractivity contribution in [2.24, 2.45) is 0 Å². The highest BCUT2D eigenvalue weighted by molar-refractivity contribution is 6.20. The maximum Gasteiger partial charge on any atom is 0.0585 e. The molecule has 0 saturated heterocycles. The molecule has 1 saturated carbocycles.